The maximum atomic E-state index is 12.9. The fourth-order valence-corrected chi connectivity index (χ4v) is 5.78. The van der Waals surface area contributed by atoms with E-state index in [4.69, 9.17) is 9.97 Å². The predicted molar refractivity (Wildman–Crippen MR) is 126 cm³/mol. The molecular formula is C23H22N8OS. The number of nitrogens with one attached hydrogen (secondary N) is 2. The van der Waals surface area contributed by atoms with Gasteiger partial charge in [-0.3, -0.25) is 14.9 Å². The molecule has 2 bridgehead atoms. The third-order valence-corrected chi connectivity index (χ3v) is 7.73. The lowest BCUT2D eigenvalue weighted by molar-refractivity contribution is 0.0724. The molecule has 166 valence electrons. The number of amides is 1. The van der Waals surface area contributed by atoms with Gasteiger partial charge in [0.1, 0.15) is 0 Å². The first-order valence-electron chi connectivity index (χ1n) is 11.3. The standard InChI is InChI=1S/C23H22N8OS/c32-22(14-2-1-6-24-10-14)30-11-16-8-15(30)12-31(16)23-25-17-5-7-33-20(17)21(27-23)26-19-9-18(28-29-19)13-3-4-13/h1-2,5-7,9-10,13,15-16H,3-4,8,11-12H2,(H2,25,26,27,28,29)/t15-,16+/m1/s1. The lowest BCUT2D eigenvalue weighted by atomic mass is 10.2. The van der Waals surface area contributed by atoms with Gasteiger partial charge in [-0.2, -0.15) is 10.1 Å². The summed E-state index contributed by atoms with van der Waals surface area (Å²) in [7, 11) is 0. The Bertz CT molecular complexity index is 1350. The lowest BCUT2D eigenvalue weighted by Gasteiger charge is -2.34. The SMILES string of the molecule is O=C(c1cccnc1)N1C[C@@H]2C[C@@H]1CN2c1nc(Nc2cc(C3CC3)[nH]n2)c2sccc2n1. The maximum Gasteiger partial charge on any atom is 0.255 e. The van der Waals surface area contributed by atoms with Gasteiger partial charge in [0.25, 0.3) is 5.91 Å². The van der Waals surface area contributed by atoms with Crippen LogP contribution < -0.4 is 10.2 Å². The highest BCUT2D eigenvalue weighted by Gasteiger charge is 2.46. The highest BCUT2D eigenvalue weighted by molar-refractivity contribution is 7.17. The van der Waals surface area contributed by atoms with E-state index in [9.17, 15) is 4.79 Å². The zero-order valence-corrected chi connectivity index (χ0v) is 18.6. The molecule has 6 heterocycles. The van der Waals surface area contributed by atoms with Crippen LogP contribution in [0.25, 0.3) is 10.2 Å². The molecule has 0 radical (unpaired) electrons. The minimum atomic E-state index is 0.0526. The Labute approximate surface area is 193 Å². The summed E-state index contributed by atoms with van der Waals surface area (Å²) < 4.78 is 1.02. The largest absolute Gasteiger partial charge is 0.334 e. The van der Waals surface area contributed by atoms with Crippen LogP contribution in [-0.4, -0.2) is 61.1 Å². The van der Waals surface area contributed by atoms with Gasteiger partial charge in [-0.05, 0) is 42.8 Å². The van der Waals surface area contributed by atoms with Crippen molar-refractivity contribution >= 4 is 45.0 Å². The normalized spacial score (nSPS) is 21.8. The molecule has 7 rings (SSSR count). The summed E-state index contributed by atoms with van der Waals surface area (Å²) in [6, 6.07) is 8.12. The van der Waals surface area contributed by atoms with Crippen molar-refractivity contribution in [1.82, 2.24) is 30.0 Å². The van der Waals surface area contributed by atoms with Gasteiger partial charge in [0.05, 0.1) is 27.9 Å². The van der Waals surface area contributed by atoms with Crippen molar-refractivity contribution in [3.63, 3.8) is 0 Å². The molecule has 1 aliphatic carbocycles. The van der Waals surface area contributed by atoms with Crippen LogP contribution in [0.2, 0.25) is 0 Å². The van der Waals surface area contributed by atoms with Gasteiger partial charge in [0, 0.05) is 43.2 Å². The number of piperazine rings is 1. The van der Waals surface area contributed by atoms with Gasteiger partial charge >= 0.3 is 0 Å². The van der Waals surface area contributed by atoms with Crippen molar-refractivity contribution in [2.75, 3.05) is 23.3 Å². The summed E-state index contributed by atoms with van der Waals surface area (Å²) in [6.07, 6.45) is 6.72. The number of carbonyl (C=O) groups is 1. The van der Waals surface area contributed by atoms with Crippen molar-refractivity contribution < 1.29 is 4.79 Å². The third-order valence-electron chi connectivity index (χ3n) is 6.82. The van der Waals surface area contributed by atoms with Gasteiger partial charge < -0.3 is 15.1 Å². The first-order valence-corrected chi connectivity index (χ1v) is 12.2. The predicted octanol–water partition coefficient (Wildman–Crippen LogP) is 3.53. The first kappa shape index (κ1) is 19.0. The van der Waals surface area contributed by atoms with E-state index in [2.05, 4.69) is 31.5 Å². The second kappa shape index (κ2) is 7.24. The van der Waals surface area contributed by atoms with Crippen LogP contribution >= 0.6 is 11.3 Å². The number of nitrogens with zero attached hydrogens (tertiary/aromatic N) is 6. The van der Waals surface area contributed by atoms with Crippen molar-refractivity contribution in [2.24, 2.45) is 0 Å². The number of aromatic nitrogens is 5. The molecule has 10 heteroatoms. The zero-order valence-electron chi connectivity index (χ0n) is 17.8. The molecule has 1 amide bonds. The Hall–Kier alpha value is -3.53. The van der Waals surface area contributed by atoms with Crippen LogP contribution in [0.5, 0.6) is 0 Å². The van der Waals surface area contributed by atoms with E-state index >= 15 is 0 Å². The van der Waals surface area contributed by atoms with Crippen LogP contribution in [0.4, 0.5) is 17.6 Å². The first-order chi connectivity index (χ1) is 16.2. The van der Waals surface area contributed by atoms with Crippen molar-refractivity contribution in [1.29, 1.82) is 0 Å². The number of hydrogen-bond donors (Lipinski definition) is 2. The van der Waals surface area contributed by atoms with Crippen LogP contribution in [0.15, 0.2) is 42.0 Å². The number of likely N-dealkylation sites (tertiary alicyclic amines) is 1. The summed E-state index contributed by atoms with van der Waals surface area (Å²) in [5, 5.41) is 13.0. The quantitative estimate of drug-likeness (QED) is 0.472. The average molecular weight is 459 g/mol. The molecule has 2 aliphatic heterocycles. The number of fused-ring (bicyclic) bond motifs is 3. The molecule has 3 aliphatic rings. The summed E-state index contributed by atoms with van der Waals surface area (Å²) in [5.41, 5.74) is 2.75. The van der Waals surface area contributed by atoms with Crippen LogP contribution in [-0.2, 0) is 0 Å². The monoisotopic (exact) mass is 458 g/mol. The molecule has 9 nitrogen and oxygen atoms in total. The Kier molecular flexibility index (Phi) is 4.17. The topological polar surface area (TPSA) is 103 Å². The van der Waals surface area contributed by atoms with Crippen LogP contribution in [0, 0.1) is 0 Å². The summed E-state index contributed by atoms with van der Waals surface area (Å²) in [4.78, 5) is 31.0. The second-order valence-corrected chi connectivity index (χ2v) is 9.93. The molecule has 4 aromatic rings. The Balaban J connectivity index is 1.15. The van der Waals surface area contributed by atoms with E-state index in [0.717, 1.165) is 34.8 Å². The highest BCUT2D eigenvalue weighted by Crippen LogP contribution is 2.40. The van der Waals surface area contributed by atoms with E-state index in [1.807, 2.05) is 22.4 Å². The zero-order chi connectivity index (χ0) is 21.9. The summed E-state index contributed by atoms with van der Waals surface area (Å²) in [5.74, 6) is 2.95. The molecule has 4 aromatic heterocycles. The average Bonchev–Trinajstić information content (AvgIpc) is 3.22. The maximum absolute atomic E-state index is 12.9. The fourth-order valence-electron chi connectivity index (χ4n) is 5.01. The molecular weight excluding hydrogens is 436 g/mol. The van der Waals surface area contributed by atoms with Gasteiger partial charge in [-0.25, -0.2) is 4.98 Å². The number of carbonyl (C=O) groups excluding carboxylic acids is 1. The number of pyridine rings is 1. The van der Waals surface area contributed by atoms with E-state index in [-0.39, 0.29) is 18.0 Å². The van der Waals surface area contributed by atoms with E-state index < -0.39 is 0 Å². The third kappa shape index (κ3) is 3.24. The number of hydrogen-bond acceptors (Lipinski definition) is 8. The number of thiophene rings is 1. The van der Waals surface area contributed by atoms with E-state index in [1.165, 1.54) is 18.5 Å². The molecule has 3 fully saturated rings. The van der Waals surface area contributed by atoms with Crippen LogP contribution in [0.3, 0.4) is 0 Å². The lowest BCUT2D eigenvalue weighted by Crippen LogP contribution is -2.49. The molecule has 33 heavy (non-hydrogen) atoms. The van der Waals surface area contributed by atoms with E-state index in [0.29, 0.717) is 24.0 Å². The van der Waals surface area contributed by atoms with Gasteiger partial charge in [-0.1, -0.05) is 0 Å². The van der Waals surface area contributed by atoms with Crippen molar-refractivity contribution in [2.45, 2.75) is 37.3 Å². The minimum absolute atomic E-state index is 0.0526. The van der Waals surface area contributed by atoms with Gasteiger partial charge in [0.2, 0.25) is 5.95 Å². The van der Waals surface area contributed by atoms with Crippen molar-refractivity contribution in [3.8, 4) is 0 Å². The molecule has 2 N–H and O–H groups in total. The highest BCUT2D eigenvalue weighted by atomic mass is 32.1. The van der Waals surface area contributed by atoms with Crippen LogP contribution in [0.1, 0.15) is 41.2 Å². The van der Waals surface area contributed by atoms with Gasteiger partial charge in [0.15, 0.2) is 11.6 Å². The van der Waals surface area contributed by atoms with Crippen molar-refractivity contribution in [3.05, 3.63) is 53.3 Å². The minimum Gasteiger partial charge on any atom is -0.334 e. The Morgan fingerprint density at radius 3 is 2.91 bits per heavy atom. The second-order valence-electron chi connectivity index (χ2n) is 9.01. The number of rotatable bonds is 5. The number of anilines is 3. The molecule has 2 atom stereocenters. The Morgan fingerprint density at radius 1 is 1.18 bits per heavy atom. The Morgan fingerprint density at radius 2 is 2.12 bits per heavy atom. The molecule has 1 saturated carbocycles. The summed E-state index contributed by atoms with van der Waals surface area (Å²) >= 11 is 1.62. The smallest absolute Gasteiger partial charge is 0.255 e. The molecule has 0 aromatic carbocycles. The van der Waals surface area contributed by atoms with E-state index in [1.54, 1.807) is 29.8 Å². The number of aromatic amines is 1. The molecule has 0 unspecified atom stereocenters. The summed E-state index contributed by atoms with van der Waals surface area (Å²) in [6.45, 7) is 1.41. The molecule has 0 spiro atoms. The van der Waals surface area contributed by atoms with Gasteiger partial charge in [-0.15, -0.1) is 11.3 Å². The molecule has 2 saturated heterocycles. The fraction of sp³-hybridized carbons (Fsp3) is 0.348. The number of H-pyrrole nitrogens is 1.